The molecule has 14 heavy (non-hydrogen) atoms. The highest BCUT2D eigenvalue weighted by Crippen LogP contribution is 2.36. The Morgan fingerprint density at radius 2 is 1.57 bits per heavy atom. The molecule has 0 spiro atoms. The van der Waals surface area contributed by atoms with Crippen molar-refractivity contribution in [2.75, 3.05) is 0 Å². The van der Waals surface area contributed by atoms with Crippen molar-refractivity contribution in [3.05, 3.63) is 12.2 Å². The molecule has 0 nitrogen and oxygen atoms in total. The van der Waals surface area contributed by atoms with Crippen molar-refractivity contribution in [3.63, 3.8) is 0 Å². The van der Waals surface area contributed by atoms with Gasteiger partial charge in [0.1, 0.15) is 0 Å². The van der Waals surface area contributed by atoms with Crippen LogP contribution in [0.4, 0.5) is 0 Å². The fraction of sp³-hybridized carbons (Fsp3) is 0.857. The summed E-state index contributed by atoms with van der Waals surface area (Å²) >= 11 is 0. The van der Waals surface area contributed by atoms with Gasteiger partial charge in [0.05, 0.1) is 0 Å². The fourth-order valence-electron chi connectivity index (χ4n) is 2.02. The summed E-state index contributed by atoms with van der Waals surface area (Å²) in [5.41, 5.74) is 1.73. The molecule has 0 aromatic rings. The molecule has 0 rings (SSSR count). The van der Waals surface area contributed by atoms with Crippen molar-refractivity contribution in [1.82, 2.24) is 0 Å². The predicted molar refractivity (Wildman–Crippen MR) is 66.4 cm³/mol. The van der Waals surface area contributed by atoms with E-state index in [1.807, 2.05) is 0 Å². The Bertz CT molecular complexity index is 183. The molecule has 84 valence electrons. The average molecular weight is 196 g/mol. The summed E-state index contributed by atoms with van der Waals surface area (Å²) in [6, 6.07) is 0. The van der Waals surface area contributed by atoms with Crippen LogP contribution in [0.25, 0.3) is 0 Å². The molecule has 0 saturated heterocycles. The van der Waals surface area contributed by atoms with Crippen LogP contribution in [0.2, 0.25) is 0 Å². The smallest absolute Gasteiger partial charge is 0.0297 e. The van der Waals surface area contributed by atoms with Gasteiger partial charge < -0.3 is 0 Å². The van der Waals surface area contributed by atoms with Crippen LogP contribution in [-0.4, -0.2) is 0 Å². The first-order chi connectivity index (χ1) is 6.16. The SMILES string of the molecule is C=C(C)CC(C)C(C)C(C)C(C)(C)C. The average Bonchev–Trinajstić information content (AvgIpc) is 1.98. The van der Waals surface area contributed by atoms with Crippen LogP contribution in [0.3, 0.4) is 0 Å². The summed E-state index contributed by atoms with van der Waals surface area (Å²) in [6.45, 7) is 20.2. The van der Waals surface area contributed by atoms with Crippen LogP contribution in [-0.2, 0) is 0 Å². The molecule has 0 aromatic carbocycles. The van der Waals surface area contributed by atoms with E-state index in [0.717, 1.165) is 17.8 Å². The highest BCUT2D eigenvalue weighted by atomic mass is 14.3. The van der Waals surface area contributed by atoms with Gasteiger partial charge in [0.15, 0.2) is 0 Å². The summed E-state index contributed by atoms with van der Waals surface area (Å²) in [6.07, 6.45) is 1.17. The van der Waals surface area contributed by atoms with E-state index in [-0.39, 0.29) is 0 Å². The van der Waals surface area contributed by atoms with Gasteiger partial charge in [-0.2, -0.15) is 0 Å². The van der Waals surface area contributed by atoms with Crippen LogP contribution in [0, 0.1) is 23.2 Å². The van der Waals surface area contributed by atoms with E-state index in [0.29, 0.717) is 5.41 Å². The lowest BCUT2D eigenvalue weighted by molar-refractivity contribution is 0.145. The van der Waals surface area contributed by atoms with Gasteiger partial charge >= 0.3 is 0 Å². The molecule has 0 bridgehead atoms. The molecular weight excluding hydrogens is 168 g/mol. The van der Waals surface area contributed by atoms with Crippen LogP contribution >= 0.6 is 0 Å². The quantitative estimate of drug-likeness (QED) is 0.561. The number of hydrogen-bond donors (Lipinski definition) is 0. The van der Waals surface area contributed by atoms with Gasteiger partial charge in [-0.1, -0.05) is 47.1 Å². The second kappa shape index (κ2) is 5.00. The van der Waals surface area contributed by atoms with Gasteiger partial charge in [-0.15, -0.1) is 6.58 Å². The lowest BCUT2D eigenvalue weighted by Crippen LogP contribution is -2.28. The topological polar surface area (TPSA) is 0 Å². The van der Waals surface area contributed by atoms with Crippen LogP contribution in [0.15, 0.2) is 12.2 Å². The molecular formula is C14H28. The third-order valence-electron chi connectivity index (χ3n) is 3.72. The number of hydrogen-bond acceptors (Lipinski definition) is 0. The minimum atomic E-state index is 0.419. The maximum Gasteiger partial charge on any atom is -0.0297 e. The van der Waals surface area contributed by atoms with E-state index in [1.165, 1.54) is 12.0 Å². The van der Waals surface area contributed by atoms with E-state index >= 15 is 0 Å². The zero-order valence-electron chi connectivity index (χ0n) is 11.1. The first kappa shape index (κ1) is 13.7. The van der Waals surface area contributed by atoms with E-state index in [1.54, 1.807) is 0 Å². The highest BCUT2D eigenvalue weighted by molar-refractivity contribution is 4.91. The van der Waals surface area contributed by atoms with Gasteiger partial charge in [0, 0.05) is 0 Å². The molecule has 0 heterocycles. The molecule has 0 N–H and O–H groups in total. The summed E-state index contributed by atoms with van der Waals surface area (Å²) < 4.78 is 0. The molecule has 0 aliphatic carbocycles. The van der Waals surface area contributed by atoms with E-state index in [9.17, 15) is 0 Å². The molecule has 0 aliphatic rings. The predicted octanol–water partition coefficient (Wildman–Crippen LogP) is 4.91. The van der Waals surface area contributed by atoms with Crippen molar-refractivity contribution in [2.24, 2.45) is 23.2 Å². The molecule has 0 aliphatic heterocycles. The largest absolute Gasteiger partial charge is 0.100 e. The lowest BCUT2D eigenvalue weighted by atomic mass is 9.70. The molecule has 0 radical (unpaired) electrons. The van der Waals surface area contributed by atoms with Gasteiger partial charge in [-0.3, -0.25) is 0 Å². The second-order valence-electron chi connectivity index (χ2n) is 6.15. The molecule has 3 unspecified atom stereocenters. The first-order valence-corrected chi connectivity index (χ1v) is 5.80. The molecule has 0 saturated carbocycles. The Kier molecular flexibility index (Phi) is 4.91. The van der Waals surface area contributed by atoms with Crippen LogP contribution in [0.1, 0.15) is 54.9 Å². The first-order valence-electron chi connectivity index (χ1n) is 5.80. The Balaban J connectivity index is 4.31. The van der Waals surface area contributed by atoms with Gasteiger partial charge in [-0.25, -0.2) is 0 Å². The van der Waals surface area contributed by atoms with E-state index in [2.05, 4.69) is 55.0 Å². The Hall–Kier alpha value is -0.260. The van der Waals surface area contributed by atoms with E-state index < -0.39 is 0 Å². The fourth-order valence-corrected chi connectivity index (χ4v) is 2.02. The second-order valence-corrected chi connectivity index (χ2v) is 6.15. The van der Waals surface area contributed by atoms with Crippen molar-refractivity contribution >= 4 is 0 Å². The van der Waals surface area contributed by atoms with Crippen LogP contribution in [0.5, 0.6) is 0 Å². The zero-order chi connectivity index (χ0) is 11.5. The summed E-state index contributed by atoms with van der Waals surface area (Å²) in [5.74, 6) is 2.28. The number of allylic oxidation sites excluding steroid dienone is 1. The molecule has 0 fully saturated rings. The molecule has 3 atom stereocenters. The standard InChI is InChI=1S/C14H28/c1-10(2)9-11(3)12(4)13(5)14(6,7)8/h11-13H,1,9H2,2-8H3. The maximum absolute atomic E-state index is 4.00. The van der Waals surface area contributed by atoms with E-state index in [4.69, 9.17) is 0 Å². The lowest BCUT2D eigenvalue weighted by Gasteiger charge is -2.36. The van der Waals surface area contributed by atoms with Crippen molar-refractivity contribution in [2.45, 2.75) is 54.9 Å². The van der Waals surface area contributed by atoms with Gasteiger partial charge in [-0.05, 0) is 36.5 Å². The minimum absolute atomic E-state index is 0.419. The molecule has 0 aromatic heterocycles. The summed E-state index contributed by atoms with van der Waals surface area (Å²) in [5, 5.41) is 0. The third-order valence-corrected chi connectivity index (χ3v) is 3.72. The Morgan fingerprint density at radius 1 is 1.14 bits per heavy atom. The molecule has 0 heteroatoms. The number of rotatable bonds is 4. The van der Waals surface area contributed by atoms with Crippen LogP contribution < -0.4 is 0 Å². The highest BCUT2D eigenvalue weighted by Gasteiger charge is 2.28. The van der Waals surface area contributed by atoms with Crippen molar-refractivity contribution < 1.29 is 0 Å². The third kappa shape index (κ3) is 4.30. The Morgan fingerprint density at radius 3 is 1.86 bits per heavy atom. The van der Waals surface area contributed by atoms with Crippen molar-refractivity contribution in [1.29, 1.82) is 0 Å². The Labute approximate surface area is 90.8 Å². The maximum atomic E-state index is 4.00. The monoisotopic (exact) mass is 196 g/mol. The summed E-state index contributed by atoms with van der Waals surface area (Å²) in [4.78, 5) is 0. The normalized spacial score (nSPS) is 18.8. The van der Waals surface area contributed by atoms with Crippen molar-refractivity contribution in [3.8, 4) is 0 Å². The van der Waals surface area contributed by atoms with Gasteiger partial charge in [0.2, 0.25) is 0 Å². The summed E-state index contributed by atoms with van der Waals surface area (Å²) in [7, 11) is 0. The minimum Gasteiger partial charge on any atom is -0.100 e. The van der Waals surface area contributed by atoms with Gasteiger partial charge in [0.25, 0.3) is 0 Å². The zero-order valence-corrected chi connectivity index (χ0v) is 11.1. The molecule has 0 amide bonds.